The van der Waals surface area contributed by atoms with Gasteiger partial charge in [0.15, 0.2) is 5.76 Å². The lowest BCUT2D eigenvalue weighted by atomic mass is 9.87. The number of fused-ring (bicyclic) bond motifs is 1. The van der Waals surface area contributed by atoms with E-state index >= 15 is 0 Å². The summed E-state index contributed by atoms with van der Waals surface area (Å²) in [6.07, 6.45) is 4.71. The number of thioether (sulfide) groups is 1. The fourth-order valence-corrected chi connectivity index (χ4v) is 4.26. The average molecular weight is 383 g/mol. The lowest BCUT2D eigenvalue weighted by Gasteiger charge is -2.33. The molecule has 27 heavy (non-hydrogen) atoms. The van der Waals surface area contributed by atoms with Crippen molar-refractivity contribution in [3.8, 4) is 11.6 Å². The van der Waals surface area contributed by atoms with Crippen LogP contribution >= 0.6 is 11.8 Å². The van der Waals surface area contributed by atoms with Crippen molar-refractivity contribution in [1.29, 1.82) is 0 Å². The molecule has 0 bridgehead atoms. The molecule has 7 nitrogen and oxygen atoms in total. The van der Waals surface area contributed by atoms with E-state index in [1.165, 1.54) is 27.6 Å². The highest BCUT2D eigenvalue weighted by molar-refractivity contribution is 7.99. The van der Waals surface area contributed by atoms with E-state index in [9.17, 15) is 4.79 Å². The van der Waals surface area contributed by atoms with Crippen LogP contribution in [-0.2, 0) is 11.2 Å². The summed E-state index contributed by atoms with van der Waals surface area (Å²) < 4.78 is 6.66. The van der Waals surface area contributed by atoms with Crippen molar-refractivity contribution in [2.75, 3.05) is 18.6 Å². The summed E-state index contributed by atoms with van der Waals surface area (Å²) in [6.45, 7) is 0. The van der Waals surface area contributed by atoms with Gasteiger partial charge >= 0.3 is 0 Å². The van der Waals surface area contributed by atoms with E-state index < -0.39 is 0 Å². The third-order valence-electron chi connectivity index (χ3n) is 4.93. The molecule has 1 aromatic carbocycles. The van der Waals surface area contributed by atoms with Gasteiger partial charge in [-0.25, -0.2) is 4.68 Å². The zero-order valence-electron chi connectivity index (χ0n) is 15.0. The first-order valence-corrected chi connectivity index (χ1v) is 9.84. The Bertz CT molecular complexity index is 937. The van der Waals surface area contributed by atoms with Gasteiger partial charge in [0.1, 0.15) is 0 Å². The summed E-state index contributed by atoms with van der Waals surface area (Å²) >= 11 is 1.28. The molecule has 2 heterocycles. The summed E-state index contributed by atoms with van der Waals surface area (Å²) in [5, 5.41) is 8.60. The molecule has 8 heteroatoms. The summed E-state index contributed by atoms with van der Waals surface area (Å²) in [7, 11) is 1.87. The minimum absolute atomic E-state index is 0.0456. The number of carbonyl (C=O) groups is 1. The Morgan fingerprint density at radius 3 is 3.00 bits per heavy atom. The molecular weight excluding hydrogens is 362 g/mol. The van der Waals surface area contributed by atoms with E-state index in [4.69, 9.17) is 10.3 Å². The van der Waals surface area contributed by atoms with Gasteiger partial charge < -0.3 is 15.2 Å². The zero-order valence-corrected chi connectivity index (χ0v) is 15.9. The zero-order chi connectivity index (χ0) is 18.8. The van der Waals surface area contributed by atoms with Gasteiger partial charge in [-0.3, -0.25) is 4.79 Å². The SMILES string of the molecule is CN(C(=O)CSc1nnc(-c2ccco2)n1N)C1CCCc2ccccc21. The second-order valence-corrected chi connectivity index (χ2v) is 7.50. The van der Waals surface area contributed by atoms with Gasteiger partial charge in [-0.05, 0) is 42.5 Å². The number of hydrogen-bond acceptors (Lipinski definition) is 6. The van der Waals surface area contributed by atoms with Gasteiger partial charge in [-0.2, -0.15) is 0 Å². The molecule has 140 valence electrons. The van der Waals surface area contributed by atoms with Crippen molar-refractivity contribution in [3.05, 3.63) is 53.8 Å². The first-order chi connectivity index (χ1) is 13.1. The molecule has 4 rings (SSSR count). The number of nitrogen functional groups attached to an aromatic ring is 1. The topological polar surface area (TPSA) is 90.2 Å². The molecular formula is C19H21N5O2S. The van der Waals surface area contributed by atoms with Crippen LogP contribution in [-0.4, -0.2) is 38.5 Å². The number of aromatic nitrogens is 3. The quantitative estimate of drug-likeness (QED) is 0.538. The molecule has 1 aliphatic rings. The summed E-state index contributed by atoms with van der Waals surface area (Å²) in [4.78, 5) is 14.6. The molecule has 0 saturated carbocycles. The lowest BCUT2D eigenvalue weighted by Crippen LogP contribution is -2.34. The summed E-state index contributed by atoms with van der Waals surface area (Å²) in [5.41, 5.74) is 2.59. The molecule has 0 saturated heterocycles. The largest absolute Gasteiger partial charge is 0.461 e. The first kappa shape index (κ1) is 17.7. The smallest absolute Gasteiger partial charge is 0.233 e. The number of amides is 1. The van der Waals surface area contributed by atoms with Crippen LogP contribution < -0.4 is 5.84 Å². The number of nitrogens with two attached hydrogens (primary N) is 1. The van der Waals surface area contributed by atoms with Gasteiger partial charge in [0.2, 0.25) is 16.9 Å². The monoisotopic (exact) mass is 383 g/mol. The van der Waals surface area contributed by atoms with E-state index in [0.717, 1.165) is 19.3 Å². The highest BCUT2D eigenvalue weighted by Gasteiger charge is 2.27. The molecule has 2 N–H and O–H groups in total. The normalized spacial score (nSPS) is 16.1. The summed E-state index contributed by atoms with van der Waals surface area (Å²) in [6, 6.07) is 12.0. The van der Waals surface area contributed by atoms with Gasteiger partial charge in [-0.1, -0.05) is 36.0 Å². The van der Waals surface area contributed by atoms with Crippen molar-refractivity contribution in [2.45, 2.75) is 30.5 Å². The van der Waals surface area contributed by atoms with Crippen LogP contribution in [0.15, 0.2) is 52.2 Å². The number of benzene rings is 1. The van der Waals surface area contributed by atoms with E-state index in [1.807, 2.05) is 18.0 Å². The fourth-order valence-electron chi connectivity index (χ4n) is 3.48. The highest BCUT2D eigenvalue weighted by Crippen LogP contribution is 2.34. The van der Waals surface area contributed by atoms with Gasteiger partial charge in [0.25, 0.3) is 0 Å². The van der Waals surface area contributed by atoms with Crippen molar-refractivity contribution in [3.63, 3.8) is 0 Å². The van der Waals surface area contributed by atoms with Crippen LogP contribution in [0.3, 0.4) is 0 Å². The lowest BCUT2D eigenvalue weighted by molar-refractivity contribution is -0.129. The van der Waals surface area contributed by atoms with E-state index in [2.05, 4.69) is 28.4 Å². The third-order valence-corrected chi connectivity index (χ3v) is 5.86. The maximum Gasteiger partial charge on any atom is 0.233 e. The molecule has 1 aliphatic carbocycles. The van der Waals surface area contributed by atoms with Crippen LogP contribution in [0, 0.1) is 0 Å². The summed E-state index contributed by atoms with van der Waals surface area (Å²) in [5.74, 6) is 7.32. The number of carbonyl (C=O) groups excluding carboxylic acids is 1. The highest BCUT2D eigenvalue weighted by atomic mass is 32.2. The molecule has 1 unspecified atom stereocenters. The van der Waals surface area contributed by atoms with E-state index in [-0.39, 0.29) is 17.7 Å². The molecule has 2 aromatic heterocycles. The Balaban J connectivity index is 1.43. The van der Waals surface area contributed by atoms with Crippen molar-refractivity contribution < 1.29 is 9.21 Å². The van der Waals surface area contributed by atoms with Crippen LogP contribution in [0.2, 0.25) is 0 Å². The Morgan fingerprint density at radius 2 is 2.19 bits per heavy atom. The molecule has 0 aliphatic heterocycles. The van der Waals surface area contributed by atoms with Crippen LogP contribution in [0.4, 0.5) is 0 Å². The number of hydrogen-bond donors (Lipinski definition) is 1. The van der Waals surface area contributed by atoms with E-state index in [0.29, 0.717) is 16.7 Å². The van der Waals surface area contributed by atoms with Gasteiger partial charge in [-0.15, -0.1) is 10.2 Å². The predicted molar refractivity (Wildman–Crippen MR) is 103 cm³/mol. The predicted octanol–water partition coefficient (Wildman–Crippen LogP) is 2.88. The minimum Gasteiger partial charge on any atom is -0.461 e. The van der Waals surface area contributed by atoms with E-state index in [1.54, 1.807) is 18.4 Å². The first-order valence-electron chi connectivity index (χ1n) is 8.86. The number of aryl methyl sites for hydroxylation is 1. The number of rotatable bonds is 5. The van der Waals surface area contributed by atoms with Crippen LogP contribution in [0.5, 0.6) is 0 Å². The fraction of sp³-hybridized carbons (Fsp3) is 0.316. The molecule has 0 spiro atoms. The minimum atomic E-state index is 0.0456. The Hall–Kier alpha value is -2.74. The Morgan fingerprint density at radius 1 is 1.33 bits per heavy atom. The third kappa shape index (κ3) is 3.44. The second-order valence-electron chi connectivity index (χ2n) is 6.55. The maximum absolute atomic E-state index is 12.8. The van der Waals surface area contributed by atoms with Gasteiger partial charge in [0.05, 0.1) is 18.1 Å². The molecule has 0 radical (unpaired) electrons. The standard InChI is InChI=1S/C19H21N5O2S/c1-23(15-9-4-7-13-6-2-3-8-14(13)15)17(25)12-27-19-22-21-18(24(19)20)16-10-5-11-26-16/h2-3,5-6,8,10-11,15H,4,7,9,12,20H2,1H3. The maximum atomic E-state index is 12.8. The molecule has 0 fully saturated rings. The Kier molecular flexibility index (Phi) is 4.89. The van der Waals surface area contributed by atoms with Crippen molar-refractivity contribution in [1.82, 2.24) is 19.8 Å². The molecule has 1 amide bonds. The Labute approximate surface area is 161 Å². The van der Waals surface area contributed by atoms with Crippen LogP contribution in [0.1, 0.15) is 30.0 Å². The van der Waals surface area contributed by atoms with Crippen LogP contribution in [0.25, 0.3) is 11.6 Å². The second kappa shape index (κ2) is 7.48. The van der Waals surface area contributed by atoms with Crippen molar-refractivity contribution in [2.24, 2.45) is 0 Å². The molecule has 1 atom stereocenters. The molecule has 3 aromatic rings. The van der Waals surface area contributed by atoms with Gasteiger partial charge in [0, 0.05) is 7.05 Å². The number of furan rings is 1. The number of nitrogens with zero attached hydrogens (tertiary/aromatic N) is 4. The average Bonchev–Trinajstić information content (AvgIpc) is 3.35. The van der Waals surface area contributed by atoms with Crippen molar-refractivity contribution >= 4 is 17.7 Å².